The summed E-state index contributed by atoms with van der Waals surface area (Å²) >= 11 is 4.19. The lowest BCUT2D eigenvalue weighted by Gasteiger charge is -2.09. The molecule has 0 radical (unpaired) electrons. The summed E-state index contributed by atoms with van der Waals surface area (Å²) in [4.78, 5) is 0.395. The van der Waals surface area contributed by atoms with Gasteiger partial charge in [0.1, 0.15) is 11.5 Å². The molecule has 2 N–H and O–H groups in total. The minimum atomic E-state index is -0.0343. The molecular formula is C18H17NO3S. The fourth-order valence-corrected chi connectivity index (χ4v) is 2.54. The van der Waals surface area contributed by atoms with Gasteiger partial charge in [-0.1, -0.05) is 30.3 Å². The smallest absolute Gasteiger partial charge is 0.208 e. The van der Waals surface area contributed by atoms with E-state index in [1.165, 1.54) is 4.57 Å². The molecule has 0 amide bonds. The zero-order valence-electron chi connectivity index (χ0n) is 12.6. The molecule has 0 unspecified atom stereocenters. The number of thiol groups is 1. The number of nitrogens with zero attached hydrogens (tertiary/aromatic N) is 1. The van der Waals surface area contributed by atoms with Crippen LogP contribution in [0.3, 0.4) is 0 Å². The highest BCUT2D eigenvalue weighted by atomic mass is 32.1. The molecule has 0 fully saturated rings. The third-order valence-corrected chi connectivity index (χ3v) is 4.19. The SMILES string of the molecule is Cc1c(S)c(O)n(Cc2ccc(Oc3ccccc3)cc2)c1O. The van der Waals surface area contributed by atoms with Gasteiger partial charge in [-0.3, -0.25) is 4.57 Å². The summed E-state index contributed by atoms with van der Waals surface area (Å²) in [5, 5.41) is 20.1. The summed E-state index contributed by atoms with van der Waals surface area (Å²) in [5.41, 5.74) is 1.49. The van der Waals surface area contributed by atoms with E-state index in [0.29, 0.717) is 17.0 Å². The Morgan fingerprint density at radius 3 is 2.09 bits per heavy atom. The zero-order valence-corrected chi connectivity index (χ0v) is 13.5. The van der Waals surface area contributed by atoms with Crippen molar-refractivity contribution in [3.05, 3.63) is 65.7 Å². The van der Waals surface area contributed by atoms with Crippen LogP contribution in [0.2, 0.25) is 0 Å². The molecule has 23 heavy (non-hydrogen) atoms. The van der Waals surface area contributed by atoms with Crippen molar-refractivity contribution in [1.82, 2.24) is 4.57 Å². The largest absolute Gasteiger partial charge is 0.494 e. The molecule has 1 aromatic heterocycles. The Hall–Kier alpha value is -2.53. The number of aromatic nitrogens is 1. The normalized spacial score (nSPS) is 10.7. The van der Waals surface area contributed by atoms with E-state index in [4.69, 9.17) is 4.74 Å². The molecule has 118 valence electrons. The number of ether oxygens (including phenoxy) is 1. The van der Waals surface area contributed by atoms with Gasteiger partial charge in [-0.15, -0.1) is 12.6 Å². The summed E-state index contributed by atoms with van der Waals surface area (Å²) in [6, 6.07) is 17.0. The maximum atomic E-state index is 10.0. The second kappa shape index (κ2) is 6.30. The Morgan fingerprint density at radius 1 is 0.913 bits per heavy atom. The molecule has 2 aromatic carbocycles. The van der Waals surface area contributed by atoms with E-state index in [1.54, 1.807) is 6.92 Å². The second-order valence-corrected chi connectivity index (χ2v) is 5.71. The molecule has 5 heteroatoms. The van der Waals surface area contributed by atoms with E-state index in [2.05, 4.69) is 12.6 Å². The molecule has 0 aliphatic carbocycles. The molecule has 0 saturated carbocycles. The van der Waals surface area contributed by atoms with Gasteiger partial charge in [0.2, 0.25) is 5.88 Å². The molecule has 3 rings (SSSR count). The van der Waals surface area contributed by atoms with Gasteiger partial charge in [0.15, 0.2) is 5.88 Å². The van der Waals surface area contributed by atoms with E-state index in [-0.39, 0.29) is 11.8 Å². The van der Waals surface area contributed by atoms with Crippen LogP contribution in [0.1, 0.15) is 11.1 Å². The molecule has 4 nitrogen and oxygen atoms in total. The minimum absolute atomic E-state index is 0.0251. The predicted octanol–water partition coefficient (Wildman–Crippen LogP) is 4.34. The number of para-hydroxylation sites is 1. The van der Waals surface area contributed by atoms with Gasteiger partial charge < -0.3 is 14.9 Å². The predicted molar refractivity (Wildman–Crippen MR) is 91.8 cm³/mol. The van der Waals surface area contributed by atoms with Crippen LogP contribution in [0.25, 0.3) is 0 Å². The van der Waals surface area contributed by atoms with Crippen molar-refractivity contribution in [2.24, 2.45) is 0 Å². The summed E-state index contributed by atoms with van der Waals surface area (Å²) < 4.78 is 7.16. The Morgan fingerprint density at radius 2 is 1.52 bits per heavy atom. The fourth-order valence-electron chi connectivity index (χ4n) is 2.32. The first-order valence-corrected chi connectivity index (χ1v) is 7.63. The first-order valence-electron chi connectivity index (χ1n) is 7.18. The van der Waals surface area contributed by atoms with Crippen LogP contribution in [0.4, 0.5) is 0 Å². The summed E-state index contributed by atoms with van der Waals surface area (Å²) in [6.45, 7) is 2.06. The Balaban J connectivity index is 1.77. The average Bonchev–Trinajstić information content (AvgIpc) is 2.75. The van der Waals surface area contributed by atoms with Crippen molar-refractivity contribution in [2.45, 2.75) is 18.4 Å². The molecular weight excluding hydrogens is 310 g/mol. The minimum Gasteiger partial charge on any atom is -0.494 e. The van der Waals surface area contributed by atoms with Crippen LogP contribution >= 0.6 is 12.6 Å². The average molecular weight is 327 g/mol. The first-order chi connectivity index (χ1) is 11.1. The van der Waals surface area contributed by atoms with Crippen molar-refractivity contribution in [1.29, 1.82) is 0 Å². The maximum absolute atomic E-state index is 10.0. The lowest BCUT2D eigenvalue weighted by molar-refractivity contribution is 0.372. The van der Waals surface area contributed by atoms with Gasteiger partial charge in [-0.2, -0.15) is 0 Å². The van der Waals surface area contributed by atoms with Crippen molar-refractivity contribution in [2.75, 3.05) is 0 Å². The van der Waals surface area contributed by atoms with Crippen LogP contribution in [-0.2, 0) is 6.54 Å². The standard InChI is InChI=1S/C18H17NO3S/c1-12-16(23)18(21)19(17(12)20)11-13-7-9-15(10-8-13)22-14-5-3-2-4-6-14/h2-10,20-21,23H,11H2,1H3. The van der Waals surface area contributed by atoms with Gasteiger partial charge >= 0.3 is 0 Å². The van der Waals surface area contributed by atoms with Gasteiger partial charge in [0.05, 0.1) is 11.4 Å². The molecule has 0 bridgehead atoms. The van der Waals surface area contributed by atoms with Gasteiger partial charge in [0.25, 0.3) is 0 Å². The van der Waals surface area contributed by atoms with Crippen molar-refractivity contribution < 1.29 is 14.9 Å². The second-order valence-electron chi connectivity index (χ2n) is 5.27. The zero-order chi connectivity index (χ0) is 16.4. The number of benzene rings is 2. The van der Waals surface area contributed by atoms with Gasteiger partial charge in [-0.25, -0.2) is 0 Å². The number of hydrogen-bond donors (Lipinski definition) is 3. The third kappa shape index (κ3) is 3.14. The van der Waals surface area contributed by atoms with Crippen molar-refractivity contribution in [3.8, 4) is 23.3 Å². The van der Waals surface area contributed by atoms with Crippen molar-refractivity contribution in [3.63, 3.8) is 0 Å². The van der Waals surface area contributed by atoms with Crippen LogP contribution in [0, 0.1) is 6.92 Å². The van der Waals surface area contributed by atoms with Crippen molar-refractivity contribution >= 4 is 12.6 Å². The monoisotopic (exact) mass is 327 g/mol. The maximum Gasteiger partial charge on any atom is 0.208 e. The van der Waals surface area contributed by atoms with Gasteiger partial charge in [-0.05, 0) is 36.8 Å². The van der Waals surface area contributed by atoms with E-state index < -0.39 is 0 Å². The number of aromatic hydroxyl groups is 2. The van der Waals surface area contributed by atoms with Crippen LogP contribution < -0.4 is 4.74 Å². The van der Waals surface area contributed by atoms with E-state index in [1.807, 2.05) is 54.6 Å². The molecule has 3 aromatic rings. The summed E-state index contributed by atoms with van der Waals surface area (Å²) in [6.07, 6.45) is 0. The highest BCUT2D eigenvalue weighted by Crippen LogP contribution is 2.36. The van der Waals surface area contributed by atoms with Gasteiger partial charge in [0, 0.05) is 5.56 Å². The molecule has 0 aliphatic heterocycles. The Bertz CT molecular complexity index is 785. The first kappa shape index (κ1) is 15.4. The van der Waals surface area contributed by atoms with E-state index >= 15 is 0 Å². The number of hydrogen-bond acceptors (Lipinski definition) is 4. The topological polar surface area (TPSA) is 54.6 Å². The van der Waals surface area contributed by atoms with Crippen LogP contribution in [0.5, 0.6) is 23.3 Å². The molecule has 0 saturated heterocycles. The van der Waals surface area contributed by atoms with Crippen LogP contribution in [-0.4, -0.2) is 14.8 Å². The van der Waals surface area contributed by atoms with E-state index in [9.17, 15) is 10.2 Å². The molecule has 0 aliphatic rings. The quantitative estimate of drug-likeness (QED) is 0.625. The molecule has 1 heterocycles. The van der Waals surface area contributed by atoms with Crippen LogP contribution in [0.15, 0.2) is 59.5 Å². The summed E-state index contributed by atoms with van der Waals surface area (Å²) in [5.74, 6) is 1.49. The fraction of sp³-hybridized carbons (Fsp3) is 0.111. The lowest BCUT2D eigenvalue weighted by Crippen LogP contribution is -1.98. The van der Waals surface area contributed by atoms with E-state index in [0.717, 1.165) is 17.1 Å². The highest BCUT2D eigenvalue weighted by molar-refractivity contribution is 7.80. The number of rotatable bonds is 4. The molecule has 0 atom stereocenters. The Kier molecular flexibility index (Phi) is 4.21. The lowest BCUT2D eigenvalue weighted by atomic mass is 10.2. The highest BCUT2D eigenvalue weighted by Gasteiger charge is 2.16. The molecule has 0 spiro atoms. The third-order valence-electron chi connectivity index (χ3n) is 3.66. The Labute approximate surface area is 140 Å². The summed E-state index contributed by atoms with van der Waals surface area (Å²) in [7, 11) is 0.